The molecule has 0 aliphatic carbocycles. The Hall–Kier alpha value is -1.03. The van der Waals surface area contributed by atoms with E-state index in [-0.39, 0.29) is 0 Å². The van der Waals surface area contributed by atoms with E-state index in [1.54, 1.807) is 0 Å². The Balaban J connectivity index is 2.61. The zero-order chi connectivity index (χ0) is 6.69. The van der Waals surface area contributed by atoms with Crippen molar-refractivity contribution in [1.29, 1.82) is 0 Å². The zero-order valence-corrected chi connectivity index (χ0v) is 5.22. The Morgan fingerprint density at radius 2 is 2.67 bits per heavy atom. The number of nitrogen functional groups attached to an aromatic ring is 1. The summed E-state index contributed by atoms with van der Waals surface area (Å²) in [4.78, 5) is 3.85. The van der Waals surface area contributed by atoms with E-state index in [0.717, 1.165) is 0 Å². The molecule has 0 spiro atoms. The molecule has 0 atom stereocenters. The monoisotopic (exact) mass is 127 g/mol. The first-order valence-electron chi connectivity index (χ1n) is 2.67. The second-order valence-corrected chi connectivity index (χ2v) is 1.70. The molecule has 3 N–H and O–H groups in total. The van der Waals surface area contributed by atoms with E-state index in [1.165, 1.54) is 6.26 Å². The van der Waals surface area contributed by atoms with E-state index in [2.05, 4.69) is 10.3 Å². The van der Waals surface area contributed by atoms with Crippen molar-refractivity contribution in [3.05, 3.63) is 12.2 Å². The third kappa shape index (κ3) is 1.43. The van der Waals surface area contributed by atoms with Crippen molar-refractivity contribution in [1.82, 2.24) is 10.3 Å². The molecule has 50 valence electrons. The van der Waals surface area contributed by atoms with Crippen LogP contribution in [0.5, 0.6) is 0 Å². The average Bonchev–Trinajstić information content (AvgIpc) is 2.17. The van der Waals surface area contributed by atoms with Crippen molar-refractivity contribution in [2.75, 3.05) is 12.8 Å². The van der Waals surface area contributed by atoms with Crippen LogP contribution in [0.3, 0.4) is 0 Å². The van der Waals surface area contributed by atoms with Crippen LogP contribution in [0.2, 0.25) is 0 Å². The molecule has 4 nitrogen and oxygen atoms in total. The first kappa shape index (κ1) is 6.10. The Labute approximate surface area is 53.1 Å². The van der Waals surface area contributed by atoms with Gasteiger partial charge >= 0.3 is 0 Å². The minimum absolute atomic E-state index is 0.431. The second kappa shape index (κ2) is 2.50. The molecule has 0 aliphatic rings. The van der Waals surface area contributed by atoms with E-state index < -0.39 is 0 Å². The maximum Gasteiger partial charge on any atom is 0.209 e. The number of anilines is 1. The summed E-state index contributed by atoms with van der Waals surface area (Å²) in [7, 11) is 1.82. The van der Waals surface area contributed by atoms with Gasteiger partial charge in [-0.1, -0.05) is 0 Å². The van der Waals surface area contributed by atoms with E-state index in [9.17, 15) is 0 Å². The summed E-state index contributed by atoms with van der Waals surface area (Å²) in [5.74, 6) is 1.05. The molecule has 0 saturated heterocycles. The number of nitrogens with one attached hydrogen (secondary N) is 1. The molecule has 1 rings (SSSR count). The van der Waals surface area contributed by atoms with Gasteiger partial charge < -0.3 is 15.5 Å². The van der Waals surface area contributed by atoms with Gasteiger partial charge in [-0.15, -0.1) is 0 Å². The molecule has 9 heavy (non-hydrogen) atoms. The predicted molar refractivity (Wildman–Crippen MR) is 33.7 cm³/mol. The van der Waals surface area contributed by atoms with Gasteiger partial charge in [-0.2, -0.15) is 4.98 Å². The summed E-state index contributed by atoms with van der Waals surface area (Å²) >= 11 is 0. The largest absolute Gasteiger partial charge is 0.445 e. The number of nitrogens with two attached hydrogens (primary N) is 1. The maximum absolute atomic E-state index is 5.28. The fourth-order valence-electron chi connectivity index (χ4n) is 0.558. The van der Waals surface area contributed by atoms with Gasteiger partial charge in [-0.05, 0) is 7.05 Å². The van der Waals surface area contributed by atoms with Crippen LogP contribution in [0.1, 0.15) is 5.89 Å². The second-order valence-electron chi connectivity index (χ2n) is 1.70. The predicted octanol–water partition coefficient (Wildman–Crippen LogP) is -0.0238. The van der Waals surface area contributed by atoms with Crippen LogP contribution in [0.15, 0.2) is 10.7 Å². The Bertz CT molecular complexity index is 184. The van der Waals surface area contributed by atoms with Crippen LogP contribution in [-0.4, -0.2) is 12.0 Å². The quantitative estimate of drug-likeness (QED) is 0.585. The van der Waals surface area contributed by atoms with E-state index >= 15 is 0 Å². The van der Waals surface area contributed by atoms with Gasteiger partial charge in [0.05, 0.1) is 6.54 Å². The third-order valence-corrected chi connectivity index (χ3v) is 0.898. The topological polar surface area (TPSA) is 64.1 Å². The van der Waals surface area contributed by atoms with Crippen molar-refractivity contribution < 1.29 is 4.42 Å². The molecule has 4 heteroatoms. The number of oxazole rings is 1. The lowest BCUT2D eigenvalue weighted by Gasteiger charge is -1.87. The number of rotatable bonds is 2. The highest BCUT2D eigenvalue weighted by atomic mass is 16.3. The van der Waals surface area contributed by atoms with Crippen molar-refractivity contribution >= 4 is 5.82 Å². The average molecular weight is 127 g/mol. The van der Waals surface area contributed by atoms with Gasteiger partial charge in [-0.25, -0.2) is 0 Å². The van der Waals surface area contributed by atoms with Gasteiger partial charge in [-0.3, -0.25) is 0 Å². The fourth-order valence-corrected chi connectivity index (χ4v) is 0.558. The molecule has 0 radical (unpaired) electrons. The lowest BCUT2D eigenvalue weighted by atomic mass is 10.6. The van der Waals surface area contributed by atoms with Crippen LogP contribution in [0.4, 0.5) is 5.82 Å². The van der Waals surface area contributed by atoms with Crippen LogP contribution in [0, 0.1) is 0 Å². The minimum Gasteiger partial charge on any atom is -0.445 e. The number of hydrogen-bond acceptors (Lipinski definition) is 4. The van der Waals surface area contributed by atoms with Gasteiger partial charge in [0.25, 0.3) is 0 Å². The molecular formula is C5H9N3O. The molecule has 0 aliphatic heterocycles. The first-order chi connectivity index (χ1) is 4.33. The Kier molecular flexibility index (Phi) is 1.69. The van der Waals surface area contributed by atoms with Crippen LogP contribution >= 0.6 is 0 Å². The normalized spacial score (nSPS) is 9.89. The van der Waals surface area contributed by atoms with Crippen molar-refractivity contribution in [3.8, 4) is 0 Å². The fraction of sp³-hybridized carbons (Fsp3) is 0.400. The number of aromatic nitrogens is 1. The van der Waals surface area contributed by atoms with E-state index in [1.807, 2.05) is 7.05 Å². The molecule has 1 heterocycles. The van der Waals surface area contributed by atoms with Crippen molar-refractivity contribution in [2.24, 2.45) is 0 Å². The Morgan fingerprint density at radius 3 is 3.11 bits per heavy atom. The van der Waals surface area contributed by atoms with Gasteiger partial charge in [0, 0.05) is 0 Å². The summed E-state index contributed by atoms with van der Waals surface area (Å²) in [5, 5.41) is 2.89. The van der Waals surface area contributed by atoms with Gasteiger partial charge in [0.15, 0.2) is 5.82 Å². The molecule has 0 amide bonds. The first-order valence-corrected chi connectivity index (χ1v) is 2.67. The molecular weight excluding hydrogens is 118 g/mol. The van der Waals surface area contributed by atoms with E-state index in [0.29, 0.717) is 18.3 Å². The molecule has 0 saturated carbocycles. The molecule has 0 bridgehead atoms. The van der Waals surface area contributed by atoms with Crippen LogP contribution < -0.4 is 11.1 Å². The minimum atomic E-state index is 0.431. The maximum atomic E-state index is 5.28. The third-order valence-electron chi connectivity index (χ3n) is 0.898. The Morgan fingerprint density at radius 1 is 1.89 bits per heavy atom. The zero-order valence-electron chi connectivity index (χ0n) is 5.22. The lowest BCUT2D eigenvalue weighted by molar-refractivity contribution is 0.480. The smallest absolute Gasteiger partial charge is 0.209 e. The SMILES string of the molecule is CNCc1nc(N)co1. The molecule has 0 fully saturated rings. The van der Waals surface area contributed by atoms with Gasteiger partial charge in [0.1, 0.15) is 6.26 Å². The summed E-state index contributed by atoms with van der Waals surface area (Å²) < 4.78 is 4.91. The van der Waals surface area contributed by atoms with E-state index in [4.69, 9.17) is 10.2 Å². The highest BCUT2D eigenvalue weighted by Crippen LogP contribution is 2.00. The van der Waals surface area contributed by atoms with Crippen LogP contribution in [0.25, 0.3) is 0 Å². The van der Waals surface area contributed by atoms with Crippen molar-refractivity contribution in [2.45, 2.75) is 6.54 Å². The molecule has 1 aromatic rings. The highest BCUT2D eigenvalue weighted by molar-refractivity contribution is 5.21. The number of hydrogen-bond donors (Lipinski definition) is 2. The summed E-state index contributed by atoms with van der Waals surface area (Å²) in [6.45, 7) is 0.622. The van der Waals surface area contributed by atoms with Gasteiger partial charge in [0.2, 0.25) is 5.89 Å². The number of nitrogens with zero attached hydrogens (tertiary/aromatic N) is 1. The standard InChI is InChI=1S/C5H9N3O/c1-7-2-5-8-4(6)3-9-5/h3,7H,2,6H2,1H3. The summed E-state index contributed by atoms with van der Waals surface area (Å²) in [5.41, 5.74) is 5.28. The van der Waals surface area contributed by atoms with Crippen LogP contribution in [-0.2, 0) is 6.54 Å². The lowest BCUT2D eigenvalue weighted by Crippen LogP contribution is -2.05. The molecule has 0 aromatic carbocycles. The van der Waals surface area contributed by atoms with Crippen molar-refractivity contribution in [3.63, 3.8) is 0 Å². The summed E-state index contributed by atoms with van der Waals surface area (Å²) in [6.07, 6.45) is 1.42. The molecule has 0 unspecified atom stereocenters. The summed E-state index contributed by atoms with van der Waals surface area (Å²) in [6, 6.07) is 0. The molecule has 1 aromatic heterocycles. The highest BCUT2D eigenvalue weighted by Gasteiger charge is 1.96.